The van der Waals surface area contributed by atoms with Gasteiger partial charge in [-0.1, -0.05) is 0 Å². The Morgan fingerprint density at radius 3 is 3.00 bits per heavy atom. The number of hydrogen-bond acceptors (Lipinski definition) is 5. The second kappa shape index (κ2) is 4.90. The smallest absolute Gasteiger partial charge is 0.183 e. The van der Waals surface area contributed by atoms with E-state index in [1.165, 1.54) is 0 Å². The summed E-state index contributed by atoms with van der Waals surface area (Å²) in [5.74, 6) is 0.679. The third-order valence-electron chi connectivity index (χ3n) is 2.94. The van der Waals surface area contributed by atoms with Crippen LogP contribution in [-0.2, 0) is 0 Å². The molecule has 0 aromatic carbocycles. The van der Waals surface area contributed by atoms with E-state index in [9.17, 15) is 0 Å². The Morgan fingerprint density at radius 1 is 1.50 bits per heavy atom. The van der Waals surface area contributed by atoms with Crippen molar-refractivity contribution in [2.75, 3.05) is 25.0 Å². The largest absolute Gasteiger partial charge is 0.353 e. The number of rotatable bonds is 2. The average molecular weight is 217 g/mol. The number of nitrogens with zero attached hydrogens (tertiary/aromatic N) is 4. The minimum Gasteiger partial charge on any atom is -0.353 e. The summed E-state index contributed by atoms with van der Waals surface area (Å²) in [5.41, 5.74) is 0.399. The summed E-state index contributed by atoms with van der Waals surface area (Å²) in [4.78, 5) is 10.3. The van der Waals surface area contributed by atoms with E-state index in [-0.39, 0.29) is 0 Å². The van der Waals surface area contributed by atoms with Crippen molar-refractivity contribution in [2.45, 2.75) is 18.9 Å². The van der Waals surface area contributed by atoms with Crippen LogP contribution in [0.15, 0.2) is 12.4 Å². The zero-order valence-corrected chi connectivity index (χ0v) is 9.35. The van der Waals surface area contributed by atoms with Gasteiger partial charge in [0.25, 0.3) is 0 Å². The van der Waals surface area contributed by atoms with Crippen molar-refractivity contribution in [1.82, 2.24) is 15.3 Å². The van der Waals surface area contributed by atoms with Gasteiger partial charge in [-0.05, 0) is 19.4 Å². The molecule has 1 aromatic rings. The normalized spacial score (nSPS) is 20.1. The van der Waals surface area contributed by atoms with Crippen LogP contribution in [0.4, 0.5) is 5.82 Å². The second-order valence-electron chi connectivity index (χ2n) is 3.95. The Balaban J connectivity index is 2.19. The molecule has 0 bridgehead atoms. The van der Waals surface area contributed by atoms with E-state index >= 15 is 0 Å². The maximum absolute atomic E-state index is 8.97. The van der Waals surface area contributed by atoms with Gasteiger partial charge in [-0.3, -0.25) is 0 Å². The van der Waals surface area contributed by atoms with Crippen LogP contribution in [0, 0.1) is 11.3 Å². The number of hydrogen-bond donors (Lipinski definition) is 1. The highest BCUT2D eigenvalue weighted by Crippen LogP contribution is 2.18. The van der Waals surface area contributed by atoms with Gasteiger partial charge >= 0.3 is 0 Å². The molecule has 1 unspecified atom stereocenters. The molecule has 1 aliphatic rings. The lowest BCUT2D eigenvalue weighted by Crippen LogP contribution is -2.44. The predicted molar refractivity (Wildman–Crippen MR) is 61.0 cm³/mol. The second-order valence-corrected chi connectivity index (χ2v) is 3.95. The number of aromatic nitrogens is 2. The monoisotopic (exact) mass is 217 g/mol. The van der Waals surface area contributed by atoms with Crippen molar-refractivity contribution >= 4 is 5.82 Å². The highest BCUT2D eigenvalue weighted by Gasteiger charge is 2.21. The Morgan fingerprint density at radius 2 is 2.31 bits per heavy atom. The summed E-state index contributed by atoms with van der Waals surface area (Å²) in [6.45, 7) is 2.02. The van der Waals surface area contributed by atoms with E-state index < -0.39 is 0 Å². The fourth-order valence-corrected chi connectivity index (χ4v) is 2.00. The minimum absolute atomic E-state index is 0.399. The molecule has 84 valence electrons. The van der Waals surface area contributed by atoms with Gasteiger partial charge in [-0.15, -0.1) is 0 Å². The van der Waals surface area contributed by atoms with Crippen LogP contribution in [0.25, 0.3) is 0 Å². The minimum atomic E-state index is 0.399. The molecule has 1 atom stereocenters. The maximum Gasteiger partial charge on any atom is 0.183 e. The van der Waals surface area contributed by atoms with Crippen LogP contribution in [0.1, 0.15) is 18.5 Å². The van der Waals surface area contributed by atoms with Gasteiger partial charge in [0.2, 0.25) is 0 Å². The third kappa shape index (κ3) is 2.12. The van der Waals surface area contributed by atoms with Crippen LogP contribution < -0.4 is 10.2 Å². The number of nitriles is 1. The summed E-state index contributed by atoms with van der Waals surface area (Å²) in [6.07, 6.45) is 5.47. The highest BCUT2D eigenvalue weighted by molar-refractivity contribution is 5.49. The Hall–Kier alpha value is -1.67. The lowest BCUT2D eigenvalue weighted by Gasteiger charge is -2.32. The number of piperidine rings is 1. The molecule has 1 aliphatic heterocycles. The molecule has 2 rings (SSSR count). The molecule has 1 fully saturated rings. The number of nitrogens with one attached hydrogen (secondary N) is 1. The van der Waals surface area contributed by atoms with Crippen LogP contribution in [0.5, 0.6) is 0 Å². The maximum atomic E-state index is 8.97. The fourth-order valence-electron chi connectivity index (χ4n) is 2.00. The zero-order chi connectivity index (χ0) is 11.4. The molecule has 1 aromatic heterocycles. The topological polar surface area (TPSA) is 64.8 Å². The van der Waals surface area contributed by atoms with E-state index in [0.717, 1.165) is 25.9 Å². The van der Waals surface area contributed by atoms with Crippen LogP contribution in [0.2, 0.25) is 0 Å². The first-order chi connectivity index (χ1) is 7.83. The molecule has 0 aliphatic carbocycles. The van der Waals surface area contributed by atoms with Gasteiger partial charge in [0.1, 0.15) is 6.07 Å². The van der Waals surface area contributed by atoms with Crippen molar-refractivity contribution in [2.24, 2.45) is 0 Å². The van der Waals surface area contributed by atoms with E-state index in [1.54, 1.807) is 12.4 Å². The summed E-state index contributed by atoms with van der Waals surface area (Å²) in [6, 6.07) is 2.48. The molecule has 0 amide bonds. The highest BCUT2D eigenvalue weighted by atomic mass is 15.2. The van der Waals surface area contributed by atoms with Gasteiger partial charge in [0, 0.05) is 32.0 Å². The van der Waals surface area contributed by atoms with Gasteiger partial charge < -0.3 is 10.2 Å². The quantitative estimate of drug-likeness (QED) is 0.783. The molecule has 5 heteroatoms. The first-order valence-electron chi connectivity index (χ1n) is 5.47. The van der Waals surface area contributed by atoms with Crippen LogP contribution in [-0.4, -0.2) is 36.1 Å². The molecule has 1 N–H and O–H groups in total. The van der Waals surface area contributed by atoms with E-state index in [2.05, 4.69) is 26.3 Å². The van der Waals surface area contributed by atoms with Crippen LogP contribution in [0.3, 0.4) is 0 Å². The standard InChI is InChI=1S/C11H15N5/c1-16(9-3-2-4-13-8-9)11-10(7-12)14-5-6-15-11/h5-6,9,13H,2-4,8H2,1H3. The lowest BCUT2D eigenvalue weighted by molar-refractivity contribution is 0.443. The SMILES string of the molecule is CN(c1nccnc1C#N)C1CCCNC1. The Labute approximate surface area is 95.1 Å². The predicted octanol–water partition coefficient (Wildman–Crippen LogP) is 0.536. The zero-order valence-electron chi connectivity index (χ0n) is 9.35. The van der Waals surface area contributed by atoms with Gasteiger partial charge in [-0.2, -0.15) is 5.26 Å². The van der Waals surface area contributed by atoms with Crippen molar-refractivity contribution in [3.63, 3.8) is 0 Å². The molecule has 2 heterocycles. The number of likely N-dealkylation sites (N-methyl/N-ethyl adjacent to an activating group) is 1. The number of anilines is 1. The molecular weight excluding hydrogens is 202 g/mol. The summed E-state index contributed by atoms with van der Waals surface area (Å²) in [7, 11) is 1.97. The molecule has 0 saturated carbocycles. The fraction of sp³-hybridized carbons (Fsp3) is 0.545. The first-order valence-corrected chi connectivity index (χ1v) is 5.47. The summed E-state index contributed by atoms with van der Waals surface area (Å²) >= 11 is 0. The Bertz CT molecular complexity index is 392. The first kappa shape index (κ1) is 10.8. The lowest BCUT2D eigenvalue weighted by atomic mass is 10.1. The molecular formula is C11H15N5. The summed E-state index contributed by atoms with van der Waals surface area (Å²) in [5, 5.41) is 12.3. The van der Waals surface area contributed by atoms with Gasteiger partial charge in [-0.25, -0.2) is 9.97 Å². The molecule has 1 saturated heterocycles. The van der Waals surface area contributed by atoms with Crippen molar-refractivity contribution in [3.8, 4) is 6.07 Å². The molecule has 0 radical (unpaired) electrons. The molecule has 16 heavy (non-hydrogen) atoms. The van der Waals surface area contributed by atoms with E-state index in [0.29, 0.717) is 17.6 Å². The third-order valence-corrected chi connectivity index (χ3v) is 2.94. The van der Waals surface area contributed by atoms with E-state index in [4.69, 9.17) is 5.26 Å². The van der Waals surface area contributed by atoms with E-state index in [1.807, 2.05) is 7.05 Å². The van der Waals surface area contributed by atoms with Crippen molar-refractivity contribution in [1.29, 1.82) is 5.26 Å². The molecule has 5 nitrogen and oxygen atoms in total. The van der Waals surface area contributed by atoms with Crippen LogP contribution >= 0.6 is 0 Å². The van der Waals surface area contributed by atoms with Gasteiger partial charge in [0.05, 0.1) is 0 Å². The molecule has 0 spiro atoms. The van der Waals surface area contributed by atoms with Gasteiger partial charge in [0.15, 0.2) is 11.5 Å². The Kier molecular flexibility index (Phi) is 3.32. The average Bonchev–Trinajstić information content (AvgIpc) is 2.39. The van der Waals surface area contributed by atoms with Crippen molar-refractivity contribution < 1.29 is 0 Å². The van der Waals surface area contributed by atoms with Crippen molar-refractivity contribution in [3.05, 3.63) is 18.1 Å². The summed E-state index contributed by atoms with van der Waals surface area (Å²) < 4.78 is 0.